The second-order valence-electron chi connectivity index (χ2n) is 8.82. The molecule has 176 valence electrons. The number of amides is 1. The van der Waals surface area contributed by atoms with Gasteiger partial charge in [-0.15, -0.1) is 0 Å². The number of ether oxygens (including phenoxy) is 1. The number of aryl methyl sites for hydroxylation is 2. The molecule has 0 N–H and O–H groups in total. The van der Waals surface area contributed by atoms with E-state index >= 15 is 0 Å². The average molecular weight is 463 g/mol. The summed E-state index contributed by atoms with van der Waals surface area (Å²) < 4.78 is 6.71. The number of Topliss-reactive ketones (excluding diaryl/α,β-unsaturated/α-hetero) is 2. The molecule has 8 nitrogen and oxygen atoms in total. The van der Waals surface area contributed by atoms with Crippen molar-refractivity contribution in [3.05, 3.63) is 59.4 Å². The minimum atomic E-state index is -1.66. The van der Waals surface area contributed by atoms with Crippen LogP contribution in [-0.2, 0) is 37.4 Å². The third-order valence-electron chi connectivity index (χ3n) is 6.34. The van der Waals surface area contributed by atoms with Crippen LogP contribution in [0.5, 0.6) is 0 Å². The monoisotopic (exact) mass is 462 g/mol. The van der Waals surface area contributed by atoms with Crippen LogP contribution in [0.4, 0.5) is 5.69 Å². The Morgan fingerprint density at radius 3 is 2.50 bits per heavy atom. The number of hydrogen-bond donors (Lipinski definition) is 0. The normalized spacial score (nSPS) is 18.6. The van der Waals surface area contributed by atoms with E-state index in [2.05, 4.69) is 46.0 Å². The molecule has 1 atom stereocenters. The van der Waals surface area contributed by atoms with Gasteiger partial charge in [0.25, 0.3) is 11.7 Å². The summed E-state index contributed by atoms with van der Waals surface area (Å²) in [7, 11) is 5.47. The third kappa shape index (κ3) is 4.76. The number of carbonyl (C=O) groups excluding carboxylic acids is 4. The predicted molar refractivity (Wildman–Crippen MR) is 126 cm³/mol. The van der Waals surface area contributed by atoms with Crippen LogP contribution in [0.15, 0.2) is 42.7 Å². The fourth-order valence-electron chi connectivity index (χ4n) is 4.29. The van der Waals surface area contributed by atoms with Crippen molar-refractivity contribution in [2.24, 2.45) is 7.05 Å². The highest BCUT2D eigenvalue weighted by Gasteiger charge is 2.47. The van der Waals surface area contributed by atoms with Crippen molar-refractivity contribution in [3.63, 3.8) is 0 Å². The minimum Gasteiger partial charge on any atom is -0.437 e. The molecule has 1 amide bonds. The fourth-order valence-corrected chi connectivity index (χ4v) is 4.29. The molecule has 0 radical (unpaired) electrons. The third-order valence-corrected chi connectivity index (χ3v) is 6.34. The zero-order valence-electron chi connectivity index (χ0n) is 19.6. The lowest BCUT2D eigenvalue weighted by atomic mass is 9.87. The number of likely N-dealkylation sites (N-methyl/N-ethyl adjacent to an activating group) is 2. The molecule has 0 spiro atoms. The van der Waals surface area contributed by atoms with Crippen molar-refractivity contribution < 1.29 is 28.5 Å². The molecule has 1 aliphatic carbocycles. The maximum absolute atomic E-state index is 12.4. The van der Waals surface area contributed by atoms with E-state index in [4.69, 9.17) is 0 Å². The zero-order chi connectivity index (χ0) is 24.4. The van der Waals surface area contributed by atoms with E-state index < -0.39 is 29.5 Å². The van der Waals surface area contributed by atoms with Crippen molar-refractivity contribution in [1.29, 1.82) is 0 Å². The van der Waals surface area contributed by atoms with E-state index in [1.54, 1.807) is 0 Å². The van der Waals surface area contributed by atoms with Crippen LogP contribution in [0.1, 0.15) is 29.5 Å². The second kappa shape index (κ2) is 9.59. The van der Waals surface area contributed by atoms with Gasteiger partial charge in [0.05, 0.1) is 0 Å². The number of esters is 1. The summed E-state index contributed by atoms with van der Waals surface area (Å²) in [5.41, 5.74) is 6.18. The molecule has 1 aliphatic heterocycles. The Bertz CT molecular complexity index is 1190. The van der Waals surface area contributed by atoms with Gasteiger partial charge >= 0.3 is 11.8 Å². The number of allylic oxidation sites excluding steroid dienone is 1. The van der Waals surface area contributed by atoms with Crippen LogP contribution in [0.3, 0.4) is 0 Å². The van der Waals surface area contributed by atoms with E-state index in [1.165, 1.54) is 28.6 Å². The molecule has 0 bridgehead atoms. The molecular weight excluding hydrogens is 434 g/mol. The van der Waals surface area contributed by atoms with Gasteiger partial charge in [-0.3, -0.25) is 14.4 Å². The van der Waals surface area contributed by atoms with Crippen LogP contribution >= 0.6 is 0 Å². The molecule has 8 heteroatoms. The number of pyridine rings is 1. The van der Waals surface area contributed by atoms with E-state index in [0.717, 1.165) is 30.5 Å². The van der Waals surface area contributed by atoms with Gasteiger partial charge < -0.3 is 14.5 Å². The largest absolute Gasteiger partial charge is 0.437 e. The minimum absolute atomic E-state index is 0.296. The van der Waals surface area contributed by atoms with Gasteiger partial charge in [-0.1, -0.05) is 18.2 Å². The standard InChI is InChI=1S/C26H28N3O5/c1-27-12-11-21-18(5-4-6-19(21)16-27)15-17-7-9-20(10-8-17)28(2)13-14-29(3)25(32)24-22(30)23(31)26(33)34-24/h7-12,15-16,24H,4-6,13-14H2,1-3H3/q+1. The summed E-state index contributed by atoms with van der Waals surface area (Å²) in [6.07, 6.45) is 8.19. The average Bonchev–Trinajstić information content (AvgIpc) is 3.09. The first kappa shape index (κ1) is 23.4. The Balaban J connectivity index is 1.37. The molecule has 1 aromatic heterocycles. The molecule has 1 saturated heterocycles. The van der Waals surface area contributed by atoms with Gasteiger partial charge in [0.1, 0.15) is 7.05 Å². The first-order valence-electron chi connectivity index (χ1n) is 11.3. The summed E-state index contributed by atoms with van der Waals surface area (Å²) in [4.78, 5) is 49.9. The van der Waals surface area contributed by atoms with Crippen LogP contribution in [-0.4, -0.2) is 61.6 Å². The topological polar surface area (TPSA) is 87.9 Å². The number of anilines is 1. The SMILES string of the molecule is CN(CCN(C)c1ccc(/C=C2\CCCc3c[n+](C)ccc32)cc1)C(=O)C1OC(=O)C(=O)C1=O. The van der Waals surface area contributed by atoms with Crippen molar-refractivity contribution in [2.45, 2.75) is 25.4 Å². The van der Waals surface area contributed by atoms with E-state index in [1.807, 2.05) is 31.1 Å². The number of cyclic esters (lactones) is 1. The molecule has 1 fully saturated rings. The van der Waals surface area contributed by atoms with E-state index in [0.29, 0.717) is 13.1 Å². The fraction of sp³-hybridized carbons (Fsp3) is 0.346. The number of hydrogen-bond acceptors (Lipinski definition) is 6. The van der Waals surface area contributed by atoms with Crippen LogP contribution in [0.25, 0.3) is 11.6 Å². The van der Waals surface area contributed by atoms with Gasteiger partial charge in [-0.05, 0) is 48.1 Å². The van der Waals surface area contributed by atoms with Crippen molar-refractivity contribution in [1.82, 2.24) is 4.90 Å². The van der Waals surface area contributed by atoms with Crippen LogP contribution < -0.4 is 9.47 Å². The lowest BCUT2D eigenvalue weighted by molar-refractivity contribution is -0.672. The summed E-state index contributed by atoms with van der Waals surface area (Å²) in [6.45, 7) is 0.792. The lowest BCUT2D eigenvalue weighted by Crippen LogP contribution is -2.43. The number of aromatic nitrogens is 1. The summed E-state index contributed by atoms with van der Waals surface area (Å²) in [5, 5.41) is 0. The molecular formula is C26H28N3O5+. The highest BCUT2D eigenvalue weighted by atomic mass is 16.6. The van der Waals surface area contributed by atoms with Gasteiger partial charge in [-0.2, -0.15) is 0 Å². The van der Waals surface area contributed by atoms with E-state index in [9.17, 15) is 19.2 Å². The number of ketones is 2. The van der Waals surface area contributed by atoms with E-state index in [-0.39, 0.29) is 0 Å². The molecule has 1 unspecified atom stereocenters. The smallest absolute Gasteiger partial charge is 0.384 e. The lowest BCUT2D eigenvalue weighted by Gasteiger charge is -2.25. The first-order valence-corrected chi connectivity index (χ1v) is 11.3. The maximum atomic E-state index is 12.4. The zero-order valence-corrected chi connectivity index (χ0v) is 19.6. The number of rotatable bonds is 6. The Labute approximate surface area is 198 Å². The van der Waals surface area contributed by atoms with Gasteiger partial charge in [0.15, 0.2) is 12.4 Å². The molecule has 1 aromatic carbocycles. The summed E-state index contributed by atoms with van der Waals surface area (Å²) in [6, 6.07) is 10.4. The van der Waals surface area contributed by atoms with Crippen molar-refractivity contribution >= 4 is 40.8 Å². The number of carbonyl (C=O) groups is 4. The van der Waals surface area contributed by atoms with Crippen molar-refractivity contribution in [3.8, 4) is 0 Å². The summed E-state index contributed by atoms with van der Waals surface area (Å²) in [5.74, 6) is -4.34. The number of benzene rings is 1. The first-order chi connectivity index (χ1) is 16.2. The highest BCUT2D eigenvalue weighted by Crippen LogP contribution is 2.31. The van der Waals surface area contributed by atoms with Crippen LogP contribution in [0, 0.1) is 0 Å². The quantitative estimate of drug-likeness (QED) is 0.279. The molecule has 2 aromatic rings. The van der Waals surface area contributed by atoms with Gasteiger partial charge in [0.2, 0.25) is 6.10 Å². The molecule has 2 heterocycles. The molecule has 34 heavy (non-hydrogen) atoms. The predicted octanol–water partition coefficient (Wildman–Crippen LogP) is 1.35. The van der Waals surface area contributed by atoms with Gasteiger partial charge in [-0.25, -0.2) is 9.36 Å². The maximum Gasteiger partial charge on any atom is 0.384 e. The van der Waals surface area contributed by atoms with Gasteiger partial charge in [0, 0.05) is 44.5 Å². The molecule has 0 saturated carbocycles. The summed E-state index contributed by atoms with van der Waals surface area (Å²) >= 11 is 0. The molecule has 4 rings (SSSR count). The Hall–Kier alpha value is -3.81. The van der Waals surface area contributed by atoms with Crippen LogP contribution in [0.2, 0.25) is 0 Å². The Morgan fingerprint density at radius 2 is 1.82 bits per heavy atom. The molecule has 2 aliphatic rings. The Morgan fingerprint density at radius 1 is 1.09 bits per heavy atom. The van der Waals surface area contributed by atoms with Crippen molar-refractivity contribution in [2.75, 3.05) is 32.1 Å². The highest BCUT2D eigenvalue weighted by molar-refractivity contribution is 6.67. The Kier molecular flexibility index (Phi) is 6.58. The number of nitrogens with zero attached hydrogens (tertiary/aromatic N) is 3. The second-order valence-corrected chi connectivity index (χ2v) is 8.82. The number of fused-ring (bicyclic) bond motifs is 1.